The maximum absolute atomic E-state index is 13.9. The third-order valence-electron chi connectivity index (χ3n) is 5.24. The van der Waals surface area contributed by atoms with Crippen molar-refractivity contribution >= 4 is 29.0 Å². The van der Waals surface area contributed by atoms with Gasteiger partial charge in [-0.25, -0.2) is 9.37 Å². The van der Waals surface area contributed by atoms with Gasteiger partial charge in [0, 0.05) is 34.3 Å². The summed E-state index contributed by atoms with van der Waals surface area (Å²) in [5.74, 6) is 0.116. The average Bonchev–Trinajstić information content (AvgIpc) is 3.23. The molecular formula is C23H22Cl2FN3O. The van der Waals surface area contributed by atoms with E-state index in [4.69, 9.17) is 23.2 Å². The summed E-state index contributed by atoms with van der Waals surface area (Å²) >= 11 is 12.8. The fourth-order valence-electron chi connectivity index (χ4n) is 3.74. The van der Waals surface area contributed by atoms with Gasteiger partial charge in [-0.2, -0.15) is 0 Å². The molecule has 1 saturated heterocycles. The normalized spacial score (nSPS) is 14.2. The Labute approximate surface area is 185 Å². The van der Waals surface area contributed by atoms with Crippen LogP contribution in [0.3, 0.4) is 0 Å². The standard InChI is InChI=1S/C23H22Cl2FN3O/c24-18-4-3-5-19(25)23(18)15-12-20(17-14-16(26)6-7-21(17)30)28-22(13-15)27-8-11-29-9-1-2-10-29/h3-7,12-14,30H,1-2,8-11H2,(H,27,28). The molecular weight excluding hydrogens is 424 g/mol. The van der Waals surface area contributed by atoms with E-state index in [0.29, 0.717) is 32.7 Å². The number of phenolic OH excluding ortho intramolecular Hbond substituents is 1. The van der Waals surface area contributed by atoms with Crippen molar-refractivity contribution in [2.45, 2.75) is 12.8 Å². The van der Waals surface area contributed by atoms with Gasteiger partial charge in [-0.3, -0.25) is 0 Å². The summed E-state index contributed by atoms with van der Waals surface area (Å²) in [6, 6.07) is 12.7. The summed E-state index contributed by atoms with van der Waals surface area (Å²) in [4.78, 5) is 7.02. The molecule has 0 unspecified atom stereocenters. The van der Waals surface area contributed by atoms with Gasteiger partial charge < -0.3 is 15.3 Å². The molecule has 0 saturated carbocycles. The molecule has 1 aliphatic heterocycles. The molecule has 1 aliphatic rings. The van der Waals surface area contributed by atoms with Crippen LogP contribution in [0.25, 0.3) is 22.4 Å². The van der Waals surface area contributed by atoms with Crippen molar-refractivity contribution in [3.05, 3.63) is 64.4 Å². The minimum atomic E-state index is -0.450. The fourth-order valence-corrected chi connectivity index (χ4v) is 4.35. The number of hydrogen-bond donors (Lipinski definition) is 2. The molecule has 0 spiro atoms. The SMILES string of the molecule is Oc1ccc(F)cc1-c1cc(-c2c(Cl)cccc2Cl)cc(NCCN2CCCC2)n1. The summed E-state index contributed by atoms with van der Waals surface area (Å²) < 4.78 is 13.9. The first-order valence-electron chi connectivity index (χ1n) is 9.93. The van der Waals surface area contributed by atoms with Crippen LogP contribution in [0.4, 0.5) is 10.2 Å². The lowest BCUT2D eigenvalue weighted by molar-refractivity contribution is 0.352. The average molecular weight is 446 g/mol. The third-order valence-corrected chi connectivity index (χ3v) is 5.87. The fraction of sp³-hybridized carbons (Fsp3) is 0.261. The molecule has 4 nitrogen and oxygen atoms in total. The van der Waals surface area contributed by atoms with Crippen LogP contribution >= 0.6 is 23.2 Å². The van der Waals surface area contributed by atoms with E-state index in [0.717, 1.165) is 31.7 Å². The topological polar surface area (TPSA) is 48.4 Å². The molecule has 3 aromatic rings. The monoisotopic (exact) mass is 445 g/mol. The van der Waals surface area contributed by atoms with Crippen molar-refractivity contribution in [2.75, 3.05) is 31.5 Å². The predicted octanol–water partition coefficient (Wildman–Crippen LogP) is 6.07. The van der Waals surface area contributed by atoms with Crippen LogP contribution in [0.1, 0.15) is 12.8 Å². The Morgan fingerprint density at radius 3 is 2.50 bits per heavy atom. The van der Waals surface area contributed by atoms with Crippen molar-refractivity contribution in [3.63, 3.8) is 0 Å². The highest BCUT2D eigenvalue weighted by Gasteiger charge is 2.16. The van der Waals surface area contributed by atoms with Gasteiger partial charge in [0.15, 0.2) is 0 Å². The Kier molecular flexibility index (Phi) is 6.42. The molecule has 0 atom stereocenters. The Hall–Kier alpha value is -2.34. The Balaban J connectivity index is 1.72. The van der Waals surface area contributed by atoms with E-state index in [1.165, 1.54) is 31.0 Å². The van der Waals surface area contributed by atoms with Crippen LogP contribution in [0.15, 0.2) is 48.5 Å². The molecule has 0 bridgehead atoms. The van der Waals surface area contributed by atoms with Crippen LogP contribution < -0.4 is 5.32 Å². The van der Waals surface area contributed by atoms with Crippen LogP contribution in [-0.2, 0) is 0 Å². The number of nitrogens with one attached hydrogen (secondary N) is 1. The van der Waals surface area contributed by atoms with E-state index in [1.54, 1.807) is 24.3 Å². The number of aromatic hydroxyl groups is 1. The summed E-state index contributed by atoms with van der Waals surface area (Å²) in [6.07, 6.45) is 2.48. The van der Waals surface area contributed by atoms with Crippen molar-refractivity contribution in [1.82, 2.24) is 9.88 Å². The Bertz CT molecular complexity index is 1030. The van der Waals surface area contributed by atoms with E-state index in [-0.39, 0.29) is 5.75 Å². The maximum Gasteiger partial charge on any atom is 0.127 e. The molecule has 4 rings (SSSR count). The van der Waals surface area contributed by atoms with Gasteiger partial charge in [-0.15, -0.1) is 0 Å². The lowest BCUT2D eigenvalue weighted by Gasteiger charge is -2.17. The highest BCUT2D eigenvalue weighted by atomic mass is 35.5. The maximum atomic E-state index is 13.9. The van der Waals surface area contributed by atoms with Gasteiger partial charge in [0.2, 0.25) is 0 Å². The van der Waals surface area contributed by atoms with Crippen LogP contribution in [-0.4, -0.2) is 41.2 Å². The number of halogens is 3. The molecule has 7 heteroatoms. The largest absolute Gasteiger partial charge is 0.507 e. The minimum absolute atomic E-state index is 0.0469. The van der Waals surface area contributed by atoms with E-state index < -0.39 is 5.82 Å². The zero-order valence-electron chi connectivity index (χ0n) is 16.3. The summed E-state index contributed by atoms with van der Waals surface area (Å²) in [6.45, 7) is 3.88. The number of hydrogen-bond acceptors (Lipinski definition) is 4. The molecule has 2 heterocycles. The van der Waals surface area contributed by atoms with Gasteiger partial charge >= 0.3 is 0 Å². The molecule has 2 aromatic carbocycles. The first kappa shape index (κ1) is 20.9. The van der Waals surface area contributed by atoms with Gasteiger partial charge in [0.25, 0.3) is 0 Å². The van der Waals surface area contributed by atoms with Crippen molar-refractivity contribution in [1.29, 1.82) is 0 Å². The van der Waals surface area contributed by atoms with E-state index in [9.17, 15) is 9.50 Å². The van der Waals surface area contributed by atoms with Gasteiger partial charge in [0.1, 0.15) is 17.4 Å². The Morgan fingerprint density at radius 2 is 1.77 bits per heavy atom. The van der Waals surface area contributed by atoms with Crippen molar-refractivity contribution in [2.24, 2.45) is 0 Å². The lowest BCUT2D eigenvalue weighted by Crippen LogP contribution is -2.26. The quantitative estimate of drug-likeness (QED) is 0.482. The molecule has 0 amide bonds. The molecule has 0 radical (unpaired) electrons. The molecule has 0 aliphatic carbocycles. The van der Waals surface area contributed by atoms with Gasteiger partial charge in [-0.05, 0) is 74.0 Å². The number of pyridine rings is 1. The van der Waals surface area contributed by atoms with Crippen molar-refractivity contribution in [3.8, 4) is 28.1 Å². The second kappa shape index (κ2) is 9.21. The van der Waals surface area contributed by atoms with Crippen LogP contribution in [0, 0.1) is 5.82 Å². The second-order valence-electron chi connectivity index (χ2n) is 7.36. The number of aromatic nitrogens is 1. The second-order valence-corrected chi connectivity index (χ2v) is 8.17. The summed E-state index contributed by atoms with van der Waals surface area (Å²) in [5, 5.41) is 14.6. The van der Waals surface area contributed by atoms with Crippen LogP contribution in [0.2, 0.25) is 10.0 Å². The van der Waals surface area contributed by atoms with Crippen LogP contribution in [0.5, 0.6) is 5.75 Å². The number of rotatable bonds is 6. The molecule has 30 heavy (non-hydrogen) atoms. The molecule has 2 N–H and O–H groups in total. The number of phenols is 1. The van der Waals surface area contributed by atoms with E-state index in [1.807, 2.05) is 6.07 Å². The third kappa shape index (κ3) is 4.69. The lowest BCUT2D eigenvalue weighted by atomic mass is 10.0. The highest BCUT2D eigenvalue weighted by molar-refractivity contribution is 6.39. The van der Waals surface area contributed by atoms with Gasteiger partial charge in [0.05, 0.1) is 5.69 Å². The number of benzene rings is 2. The first-order valence-corrected chi connectivity index (χ1v) is 10.7. The highest BCUT2D eigenvalue weighted by Crippen LogP contribution is 2.38. The zero-order valence-corrected chi connectivity index (χ0v) is 17.8. The summed E-state index contributed by atoms with van der Waals surface area (Å²) in [5.41, 5.74) is 2.15. The zero-order chi connectivity index (χ0) is 21.1. The van der Waals surface area contributed by atoms with Gasteiger partial charge in [-0.1, -0.05) is 29.3 Å². The molecule has 1 fully saturated rings. The van der Waals surface area contributed by atoms with E-state index >= 15 is 0 Å². The number of anilines is 1. The number of nitrogens with zero attached hydrogens (tertiary/aromatic N) is 2. The Morgan fingerprint density at radius 1 is 1.03 bits per heavy atom. The van der Waals surface area contributed by atoms with E-state index in [2.05, 4.69) is 15.2 Å². The number of likely N-dealkylation sites (tertiary alicyclic amines) is 1. The molecule has 1 aromatic heterocycles. The smallest absolute Gasteiger partial charge is 0.127 e. The minimum Gasteiger partial charge on any atom is -0.507 e. The predicted molar refractivity (Wildman–Crippen MR) is 121 cm³/mol. The summed E-state index contributed by atoms with van der Waals surface area (Å²) in [7, 11) is 0. The first-order chi connectivity index (χ1) is 14.5. The molecule has 156 valence electrons. The van der Waals surface area contributed by atoms with Crippen molar-refractivity contribution < 1.29 is 9.50 Å².